The Balaban J connectivity index is 2.85. The number of carbonyl (C=O) groups excluding carboxylic acids is 1. The Bertz CT molecular complexity index is 248. The Labute approximate surface area is 63.9 Å². The van der Waals surface area contributed by atoms with Gasteiger partial charge in [-0.25, -0.2) is 4.98 Å². The summed E-state index contributed by atoms with van der Waals surface area (Å²) in [5.41, 5.74) is 0. The summed E-state index contributed by atoms with van der Waals surface area (Å²) in [7, 11) is 4.88. The SMILES string of the molecule is [B]NC(=O)c1ncc(C)s1. The number of nitrogens with one attached hydrogen (secondary N) is 1. The predicted octanol–water partition coefficient (Wildman–Crippen LogP) is 0.265. The molecule has 0 spiro atoms. The lowest BCUT2D eigenvalue weighted by Crippen LogP contribution is -2.18. The van der Waals surface area contributed by atoms with Crippen LogP contribution < -0.4 is 5.23 Å². The van der Waals surface area contributed by atoms with Gasteiger partial charge in [-0.1, -0.05) is 0 Å². The maximum absolute atomic E-state index is 10.7. The van der Waals surface area contributed by atoms with E-state index in [0.717, 1.165) is 4.88 Å². The Morgan fingerprint density at radius 2 is 2.60 bits per heavy atom. The molecule has 0 unspecified atom stereocenters. The Kier molecular flexibility index (Phi) is 2.06. The first-order valence-electron chi connectivity index (χ1n) is 2.67. The molecule has 3 nitrogen and oxygen atoms in total. The first-order valence-corrected chi connectivity index (χ1v) is 3.49. The molecule has 1 rings (SSSR count). The summed E-state index contributed by atoms with van der Waals surface area (Å²) in [6, 6.07) is 0. The van der Waals surface area contributed by atoms with Crippen LogP contribution in [0, 0.1) is 6.92 Å². The van der Waals surface area contributed by atoms with E-state index in [0.29, 0.717) is 5.01 Å². The van der Waals surface area contributed by atoms with E-state index in [2.05, 4.69) is 4.98 Å². The molecule has 5 heteroatoms. The van der Waals surface area contributed by atoms with E-state index in [1.807, 2.05) is 12.2 Å². The number of nitrogens with zero attached hydrogens (tertiary/aromatic N) is 1. The van der Waals surface area contributed by atoms with E-state index in [9.17, 15) is 4.79 Å². The van der Waals surface area contributed by atoms with E-state index in [1.165, 1.54) is 11.3 Å². The van der Waals surface area contributed by atoms with Gasteiger partial charge in [0.05, 0.1) is 0 Å². The van der Waals surface area contributed by atoms with Crippen molar-refractivity contribution >= 4 is 25.2 Å². The first-order chi connectivity index (χ1) is 4.74. The third-order valence-corrected chi connectivity index (χ3v) is 1.86. The standard InChI is InChI=1S/C5H5BN2OS/c1-3-2-7-5(10-3)4(9)8-6/h2H,1H3,(H,8,9). The van der Waals surface area contributed by atoms with Gasteiger partial charge < -0.3 is 5.23 Å². The minimum atomic E-state index is -0.335. The Morgan fingerprint density at radius 1 is 1.90 bits per heavy atom. The molecule has 0 aliphatic heterocycles. The average Bonchev–Trinajstić information content (AvgIpc) is 2.34. The van der Waals surface area contributed by atoms with Crippen LogP contribution in [0.15, 0.2) is 6.20 Å². The van der Waals surface area contributed by atoms with Crippen molar-refractivity contribution in [2.24, 2.45) is 0 Å². The lowest BCUT2D eigenvalue weighted by molar-refractivity contribution is 0.0981. The van der Waals surface area contributed by atoms with E-state index in [4.69, 9.17) is 7.98 Å². The number of hydrogen-bond acceptors (Lipinski definition) is 3. The quantitative estimate of drug-likeness (QED) is 0.586. The molecule has 0 saturated heterocycles. The van der Waals surface area contributed by atoms with Crippen molar-refractivity contribution in [3.8, 4) is 0 Å². The maximum atomic E-state index is 10.7. The molecule has 1 amide bonds. The Morgan fingerprint density at radius 3 is 3.00 bits per heavy atom. The van der Waals surface area contributed by atoms with Crippen LogP contribution in [0.5, 0.6) is 0 Å². The number of rotatable bonds is 1. The van der Waals surface area contributed by atoms with Crippen LogP contribution in [0.3, 0.4) is 0 Å². The van der Waals surface area contributed by atoms with Gasteiger partial charge in [-0.05, 0) is 6.92 Å². The highest BCUT2D eigenvalue weighted by Crippen LogP contribution is 2.09. The van der Waals surface area contributed by atoms with Crippen LogP contribution >= 0.6 is 11.3 Å². The lowest BCUT2D eigenvalue weighted by atomic mass is 10.4. The third-order valence-electron chi connectivity index (χ3n) is 0.947. The highest BCUT2D eigenvalue weighted by Gasteiger charge is 2.05. The molecule has 0 fully saturated rings. The Hall–Kier alpha value is -0.835. The van der Waals surface area contributed by atoms with Crippen LogP contribution in [0.1, 0.15) is 14.7 Å². The number of thiazole rings is 1. The molecule has 0 bridgehead atoms. The van der Waals surface area contributed by atoms with Gasteiger partial charge in [0.25, 0.3) is 5.91 Å². The topological polar surface area (TPSA) is 42.0 Å². The van der Waals surface area contributed by atoms with E-state index in [-0.39, 0.29) is 5.91 Å². The summed E-state index contributed by atoms with van der Waals surface area (Å²) in [5.74, 6) is -0.335. The van der Waals surface area contributed by atoms with Gasteiger partial charge in [0.1, 0.15) is 0 Å². The third kappa shape index (κ3) is 1.36. The highest BCUT2D eigenvalue weighted by atomic mass is 32.1. The molecule has 2 radical (unpaired) electrons. The van der Waals surface area contributed by atoms with Crippen molar-refractivity contribution in [2.45, 2.75) is 6.92 Å². The molecule has 1 N–H and O–H groups in total. The zero-order valence-corrected chi connectivity index (χ0v) is 6.23. The molecule has 0 atom stereocenters. The van der Waals surface area contributed by atoms with Crippen molar-refractivity contribution in [3.05, 3.63) is 16.1 Å². The average molecular weight is 152 g/mol. The monoisotopic (exact) mass is 152 g/mol. The number of carbonyl (C=O) groups is 1. The summed E-state index contributed by atoms with van der Waals surface area (Å²) < 4.78 is 0. The first kappa shape index (κ1) is 7.27. The summed E-state index contributed by atoms with van der Waals surface area (Å²) in [6.07, 6.45) is 1.63. The van der Waals surface area contributed by atoms with Crippen LogP contribution in [0.4, 0.5) is 0 Å². The smallest absolute Gasteiger partial charge is 0.267 e. The van der Waals surface area contributed by atoms with Gasteiger partial charge in [0.2, 0.25) is 7.98 Å². The molecule has 1 aromatic heterocycles. The van der Waals surface area contributed by atoms with Gasteiger partial charge in [0, 0.05) is 11.1 Å². The fraction of sp³-hybridized carbons (Fsp3) is 0.200. The maximum Gasteiger partial charge on any atom is 0.267 e. The van der Waals surface area contributed by atoms with Crippen molar-refractivity contribution in [3.63, 3.8) is 0 Å². The molecule has 50 valence electrons. The van der Waals surface area contributed by atoms with Crippen LogP contribution in [-0.2, 0) is 0 Å². The highest BCUT2D eigenvalue weighted by molar-refractivity contribution is 7.13. The molecule has 1 aromatic rings. The van der Waals surface area contributed by atoms with Crippen molar-refractivity contribution in [1.29, 1.82) is 0 Å². The normalized spacial score (nSPS) is 9.30. The number of hydrogen-bond donors (Lipinski definition) is 1. The van der Waals surface area contributed by atoms with Crippen LogP contribution in [0.2, 0.25) is 0 Å². The van der Waals surface area contributed by atoms with E-state index in [1.54, 1.807) is 6.20 Å². The minimum absolute atomic E-state index is 0.335. The fourth-order valence-corrected chi connectivity index (χ4v) is 1.19. The molecule has 0 aliphatic rings. The zero-order chi connectivity index (χ0) is 7.56. The number of aryl methyl sites for hydroxylation is 1. The van der Waals surface area contributed by atoms with Gasteiger partial charge in [-0.15, -0.1) is 11.3 Å². The van der Waals surface area contributed by atoms with E-state index >= 15 is 0 Å². The second kappa shape index (κ2) is 2.83. The largest absolute Gasteiger partial charge is 0.403 e. The molecule has 10 heavy (non-hydrogen) atoms. The number of aromatic nitrogens is 1. The zero-order valence-electron chi connectivity index (χ0n) is 5.42. The van der Waals surface area contributed by atoms with Gasteiger partial charge in [0.15, 0.2) is 5.01 Å². The molecule has 0 aliphatic carbocycles. The lowest BCUT2D eigenvalue weighted by Gasteiger charge is -1.89. The summed E-state index contributed by atoms with van der Waals surface area (Å²) in [4.78, 5) is 15.6. The summed E-state index contributed by atoms with van der Waals surface area (Å²) in [5, 5.41) is 2.41. The van der Waals surface area contributed by atoms with Crippen LogP contribution in [-0.4, -0.2) is 18.9 Å². The van der Waals surface area contributed by atoms with E-state index < -0.39 is 0 Å². The van der Waals surface area contributed by atoms with Crippen molar-refractivity contribution in [2.75, 3.05) is 0 Å². The minimum Gasteiger partial charge on any atom is -0.403 e. The molecular weight excluding hydrogens is 147 g/mol. The summed E-state index contributed by atoms with van der Waals surface area (Å²) in [6.45, 7) is 1.88. The molecular formula is C5H5BN2OS. The van der Waals surface area contributed by atoms with Crippen molar-refractivity contribution < 1.29 is 4.79 Å². The molecule has 0 aromatic carbocycles. The second-order valence-corrected chi connectivity index (χ2v) is 2.98. The van der Waals surface area contributed by atoms with Crippen molar-refractivity contribution in [1.82, 2.24) is 10.2 Å². The number of amides is 1. The van der Waals surface area contributed by atoms with Crippen LogP contribution in [0.25, 0.3) is 0 Å². The molecule has 1 heterocycles. The van der Waals surface area contributed by atoms with Gasteiger partial charge in [-0.3, -0.25) is 4.79 Å². The van der Waals surface area contributed by atoms with Gasteiger partial charge >= 0.3 is 0 Å². The second-order valence-electron chi connectivity index (χ2n) is 1.75. The predicted molar refractivity (Wildman–Crippen MR) is 40.1 cm³/mol. The molecule has 0 saturated carbocycles. The summed E-state index contributed by atoms with van der Waals surface area (Å²) >= 11 is 1.32. The van der Waals surface area contributed by atoms with Gasteiger partial charge in [-0.2, -0.15) is 0 Å². The fourth-order valence-electron chi connectivity index (χ4n) is 0.521.